The number of thiophene rings is 1. The molecule has 2 rings (SSSR count). The number of rotatable bonds is 4. The van der Waals surface area contributed by atoms with Crippen molar-refractivity contribution < 1.29 is 9.63 Å². The van der Waals surface area contributed by atoms with E-state index in [4.69, 9.17) is 4.52 Å². The van der Waals surface area contributed by atoms with Gasteiger partial charge in [-0.05, 0) is 30.4 Å². The van der Waals surface area contributed by atoms with Gasteiger partial charge >= 0.3 is 0 Å². The maximum absolute atomic E-state index is 9.72. The number of aryl methyl sites for hydroxylation is 1. The summed E-state index contributed by atoms with van der Waals surface area (Å²) in [7, 11) is 0. The molecule has 4 nitrogen and oxygen atoms in total. The van der Waals surface area contributed by atoms with E-state index in [1.54, 1.807) is 11.3 Å². The molecule has 16 heavy (non-hydrogen) atoms. The van der Waals surface area contributed by atoms with Crippen molar-refractivity contribution in [2.45, 2.75) is 32.8 Å². The summed E-state index contributed by atoms with van der Waals surface area (Å²) in [5, 5.41) is 15.5. The average Bonchev–Trinajstić information content (AvgIpc) is 2.86. The third kappa shape index (κ3) is 2.15. The largest absolute Gasteiger partial charge is 0.385 e. The zero-order chi connectivity index (χ0) is 11.5. The van der Waals surface area contributed by atoms with Crippen LogP contribution in [0.4, 0.5) is 0 Å². The molecule has 5 heteroatoms. The van der Waals surface area contributed by atoms with Crippen molar-refractivity contribution in [3.63, 3.8) is 0 Å². The van der Waals surface area contributed by atoms with Gasteiger partial charge in [0.25, 0.3) is 5.89 Å². The summed E-state index contributed by atoms with van der Waals surface area (Å²) >= 11 is 1.56. The van der Waals surface area contributed by atoms with Crippen molar-refractivity contribution in [1.29, 1.82) is 0 Å². The fourth-order valence-electron chi connectivity index (χ4n) is 1.46. The minimum absolute atomic E-state index is 0.379. The summed E-state index contributed by atoms with van der Waals surface area (Å²) in [6, 6.07) is 2.01. The smallest absolute Gasteiger partial charge is 0.268 e. The molecule has 0 radical (unpaired) electrons. The zero-order valence-electron chi connectivity index (χ0n) is 9.30. The van der Waals surface area contributed by atoms with Crippen LogP contribution in [0.3, 0.4) is 0 Å². The number of hydrogen-bond donors (Lipinski definition) is 1. The molecule has 2 heterocycles. The SMILES string of the molecule is CCCC(O)c1noc(-c2sccc2C)n1. The van der Waals surface area contributed by atoms with Crippen LogP contribution in [0, 0.1) is 6.92 Å². The van der Waals surface area contributed by atoms with Crippen LogP contribution in [0.1, 0.15) is 37.3 Å². The van der Waals surface area contributed by atoms with Crippen molar-refractivity contribution >= 4 is 11.3 Å². The van der Waals surface area contributed by atoms with E-state index in [0.717, 1.165) is 16.9 Å². The van der Waals surface area contributed by atoms with Gasteiger partial charge in [-0.15, -0.1) is 11.3 Å². The number of nitrogens with zero attached hydrogens (tertiary/aromatic N) is 2. The monoisotopic (exact) mass is 238 g/mol. The van der Waals surface area contributed by atoms with E-state index in [-0.39, 0.29) is 0 Å². The Morgan fingerprint density at radius 3 is 3.00 bits per heavy atom. The van der Waals surface area contributed by atoms with E-state index in [2.05, 4.69) is 10.1 Å². The van der Waals surface area contributed by atoms with Gasteiger partial charge < -0.3 is 9.63 Å². The lowest BCUT2D eigenvalue weighted by Crippen LogP contribution is -1.98. The second-order valence-corrected chi connectivity index (χ2v) is 4.61. The molecule has 0 bridgehead atoms. The standard InChI is InChI=1S/C11H14N2O2S/c1-3-4-8(14)10-12-11(15-13-10)9-7(2)5-6-16-9/h5-6,8,14H,3-4H2,1-2H3. The van der Waals surface area contributed by atoms with Crippen LogP contribution < -0.4 is 0 Å². The van der Waals surface area contributed by atoms with E-state index in [1.807, 2.05) is 25.3 Å². The lowest BCUT2D eigenvalue weighted by molar-refractivity contribution is 0.153. The van der Waals surface area contributed by atoms with Gasteiger partial charge in [0.1, 0.15) is 6.10 Å². The van der Waals surface area contributed by atoms with Crippen molar-refractivity contribution in [2.75, 3.05) is 0 Å². The van der Waals surface area contributed by atoms with Gasteiger partial charge in [0.05, 0.1) is 4.88 Å². The number of hydrogen-bond acceptors (Lipinski definition) is 5. The molecule has 0 saturated carbocycles. The third-order valence-electron chi connectivity index (χ3n) is 2.36. The predicted molar refractivity (Wildman–Crippen MR) is 62.2 cm³/mol. The van der Waals surface area contributed by atoms with Gasteiger partial charge in [0.2, 0.25) is 5.82 Å². The fraction of sp³-hybridized carbons (Fsp3) is 0.455. The Morgan fingerprint density at radius 2 is 2.38 bits per heavy atom. The molecule has 0 amide bonds. The quantitative estimate of drug-likeness (QED) is 0.889. The Balaban J connectivity index is 2.23. The van der Waals surface area contributed by atoms with Crippen LogP contribution in [-0.4, -0.2) is 15.2 Å². The summed E-state index contributed by atoms with van der Waals surface area (Å²) in [5.74, 6) is 0.877. The van der Waals surface area contributed by atoms with Crippen LogP contribution in [0.15, 0.2) is 16.0 Å². The van der Waals surface area contributed by atoms with Gasteiger partial charge in [-0.2, -0.15) is 4.98 Å². The Morgan fingerprint density at radius 1 is 1.56 bits per heavy atom. The summed E-state index contributed by atoms with van der Waals surface area (Å²) in [6.45, 7) is 4.01. The lowest BCUT2D eigenvalue weighted by atomic mass is 10.2. The topological polar surface area (TPSA) is 59.2 Å². The second kappa shape index (κ2) is 4.76. The molecule has 0 aliphatic heterocycles. The molecular formula is C11H14N2O2S. The molecule has 1 N–H and O–H groups in total. The minimum Gasteiger partial charge on any atom is -0.385 e. The molecule has 0 spiro atoms. The summed E-state index contributed by atoms with van der Waals surface area (Å²) in [4.78, 5) is 5.19. The molecular weight excluding hydrogens is 224 g/mol. The van der Waals surface area contributed by atoms with Gasteiger partial charge in [-0.3, -0.25) is 0 Å². The van der Waals surface area contributed by atoms with Gasteiger partial charge in [-0.1, -0.05) is 18.5 Å². The Hall–Kier alpha value is -1.20. The molecule has 2 aromatic rings. The van der Waals surface area contributed by atoms with Gasteiger partial charge in [0, 0.05) is 0 Å². The van der Waals surface area contributed by atoms with Crippen LogP contribution in [0.25, 0.3) is 10.8 Å². The summed E-state index contributed by atoms with van der Waals surface area (Å²) in [5.41, 5.74) is 1.12. The van der Waals surface area contributed by atoms with Crippen LogP contribution in [0.2, 0.25) is 0 Å². The molecule has 0 fully saturated rings. The first-order valence-electron chi connectivity index (χ1n) is 5.28. The zero-order valence-corrected chi connectivity index (χ0v) is 10.1. The first-order chi connectivity index (χ1) is 7.72. The first kappa shape index (κ1) is 11.3. The lowest BCUT2D eigenvalue weighted by Gasteiger charge is -2.01. The van der Waals surface area contributed by atoms with Crippen molar-refractivity contribution in [1.82, 2.24) is 10.1 Å². The van der Waals surface area contributed by atoms with Crippen LogP contribution >= 0.6 is 11.3 Å². The molecule has 0 saturated heterocycles. The fourth-order valence-corrected chi connectivity index (χ4v) is 2.30. The van der Waals surface area contributed by atoms with E-state index in [1.165, 1.54) is 0 Å². The van der Waals surface area contributed by atoms with Gasteiger partial charge in [-0.25, -0.2) is 0 Å². The number of aromatic nitrogens is 2. The molecule has 0 aliphatic carbocycles. The van der Waals surface area contributed by atoms with Crippen molar-refractivity contribution in [3.8, 4) is 10.8 Å². The Bertz CT molecular complexity index is 464. The Kier molecular flexibility index (Phi) is 3.36. The normalized spacial score (nSPS) is 12.9. The predicted octanol–water partition coefficient (Wildman–Crippen LogP) is 2.94. The van der Waals surface area contributed by atoms with Crippen LogP contribution in [-0.2, 0) is 0 Å². The summed E-state index contributed by atoms with van der Waals surface area (Å²) in [6.07, 6.45) is 0.925. The highest BCUT2D eigenvalue weighted by atomic mass is 32.1. The maximum atomic E-state index is 9.72. The van der Waals surface area contributed by atoms with E-state index < -0.39 is 6.10 Å². The molecule has 1 atom stereocenters. The molecule has 0 aromatic carbocycles. The molecule has 0 aliphatic rings. The number of aliphatic hydroxyl groups excluding tert-OH is 1. The maximum Gasteiger partial charge on any atom is 0.268 e. The molecule has 1 unspecified atom stereocenters. The highest BCUT2D eigenvalue weighted by Crippen LogP contribution is 2.28. The third-order valence-corrected chi connectivity index (χ3v) is 3.36. The Labute approximate surface area is 97.9 Å². The summed E-state index contributed by atoms with van der Waals surface area (Å²) < 4.78 is 5.15. The first-order valence-corrected chi connectivity index (χ1v) is 6.16. The highest BCUT2D eigenvalue weighted by molar-refractivity contribution is 7.13. The average molecular weight is 238 g/mol. The molecule has 86 valence electrons. The second-order valence-electron chi connectivity index (χ2n) is 3.69. The van der Waals surface area contributed by atoms with Crippen molar-refractivity contribution in [2.24, 2.45) is 0 Å². The number of aliphatic hydroxyl groups is 1. The van der Waals surface area contributed by atoms with E-state index in [0.29, 0.717) is 18.1 Å². The minimum atomic E-state index is -0.622. The van der Waals surface area contributed by atoms with Crippen molar-refractivity contribution in [3.05, 3.63) is 22.8 Å². The molecule has 2 aromatic heterocycles. The van der Waals surface area contributed by atoms with E-state index in [9.17, 15) is 5.11 Å². The van der Waals surface area contributed by atoms with E-state index >= 15 is 0 Å². The van der Waals surface area contributed by atoms with Crippen LogP contribution in [0.5, 0.6) is 0 Å². The van der Waals surface area contributed by atoms with Gasteiger partial charge in [0.15, 0.2) is 0 Å². The highest BCUT2D eigenvalue weighted by Gasteiger charge is 2.17.